The Kier molecular flexibility index (Phi) is 13.1. The molecule has 15 heavy (non-hydrogen) atoms. The average molecular weight is 293 g/mol. The second-order valence-corrected chi connectivity index (χ2v) is 4.40. The Labute approximate surface area is 114 Å². The summed E-state index contributed by atoms with van der Waals surface area (Å²) in [7, 11) is 0. The van der Waals surface area contributed by atoms with E-state index in [2.05, 4.69) is 39.5 Å². The van der Waals surface area contributed by atoms with Gasteiger partial charge in [0, 0.05) is 17.1 Å². The van der Waals surface area contributed by atoms with Crippen molar-refractivity contribution in [3.05, 3.63) is 0 Å². The molecule has 0 saturated heterocycles. The van der Waals surface area contributed by atoms with Crippen LogP contribution < -0.4 is 0 Å². The van der Waals surface area contributed by atoms with Gasteiger partial charge in [-0.05, 0) is 38.0 Å². The summed E-state index contributed by atoms with van der Waals surface area (Å²) in [5.74, 6) is 0.459. The van der Waals surface area contributed by atoms with Crippen molar-refractivity contribution in [3.8, 4) is 0 Å². The molecule has 0 radical (unpaired) electrons. The molecule has 0 fully saturated rings. The van der Waals surface area contributed by atoms with Crippen LogP contribution in [0.15, 0.2) is 0 Å². The van der Waals surface area contributed by atoms with Crippen LogP contribution in [-0.4, -0.2) is 16.4 Å². The number of thiol groups is 2. The van der Waals surface area contributed by atoms with Crippen LogP contribution in [0.4, 0.5) is 4.79 Å². The third kappa shape index (κ3) is 9.42. The van der Waals surface area contributed by atoms with Crippen molar-refractivity contribution >= 4 is 31.7 Å². The first kappa shape index (κ1) is 17.9. The second kappa shape index (κ2) is 11.0. The van der Waals surface area contributed by atoms with E-state index in [4.69, 9.17) is 4.74 Å². The van der Waals surface area contributed by atoms with Gasteiger partial charge in [0.25, 0.3) is 0 Å². The number of amides is 1. The maximum atomic E-state index is 11.0. The standard InChI is InChI=1S/C9H19NO2S2.Fe/c1-3-5-6-8(4-2)7-12-9(11)10(13)14;/h8,13-14H,3-7H2,1-2H3;. The van der Waals surface area contributed by atoms with Crippen molar-refractivity contribution in [1.82, 2.24) is 3.71 Å². The van der Waals surface area contributed by atoms with Crippen LogP contribution in [0.2, 0.25) is 0 Å². The maximum absolute atomic E-state index is 11.0. The van der Waals surface area contributed by atoms with Crippen LogP contribution in [0.5, 0.6) is 0 Å². The first-order valence-electron chi connectivity index (χ1n) is 4.96. The van der Waals surface area contributed by atoms with Crippen LogP contribution in [0.3, 0.4) is 0 Å². The van der Waals surface area contributed by atoms with Gasteiger partial charge in [-0.3, -0.25) is 0 Å². The van der Waals surface area contributed by atoms with E-state index < -0.39 is 6.09 Å². The number of nitrogens with zero attached hydrogens (tertiary/aromatic N) is 1. The number of carbonyl (C=O) groups excluding carboxylic acids is 1. The van der Waals surface area contributed by atoms with E-state index in [0.717, 1.165) is 16.6 Å². The fourth-order valence-electron chi connectivity index (χ4n) is 1.14. The number of rotatable bonds is 6. The smallest absolute Gasteiger partial charge is 0.429 e. The minimum absolute atomic E-state index is 0. The van der Waals surface area contributed by atoms with Crippen LogP contribution >= 0.6 is 25.6 Å². The van der Waals surface area contributed by atoms with Crippen LogP contribution in [0.25, 0.3) is 0 Å². The van der Waals surface area contributed by atoms with Gasteiger partial charge in [-0.25, -0.2) is 4.79 Å². The van der Waals surface area contributed by atoms with Gasteiger partial charge in [0.15, 0.2) is 0 Å². The van der Waals surface area contributed by atoms with Crippen molar-refractivity contribution in [2.75, 3.05) is 6.61 Å². The zero-order valence-electron chi connectivity index (χ0n) is 9.12. The molecule has 0 aromatic carbocycles. The van der Waals surface area contributed by atoms with Gasteiger partial charge in [-0.15, -0.1) is 0 Å². The number of carbonyl (C=O) groups is 1. The van der Waals surface area contributed by atoms with Crippen molar-refractivity contribution in [2.24, 2.45) is 5.92 Å². The zero-order valence-corrected chi connectivity index (χ0v) is 12.0. The predicted molar refractivity (Wildman–Crippen MR) is 64.5 cm³/mol. The molecule has 0 saturated carbocycles. The number of ether oxygens (including phenoxy) is 1. The largest absolute Gasteiger partial charge is 0.448 e. The number of hydrogen-bond acceptors (Lipinski definition) is 4. The molecule has 0 aliphatic rings. The maximum Gasteiger partial charge on any atom is 0.429 e. The number of hydrogen-bond donors (Lipinski definition) is 2. The van der Waals surface area contributed by atoms with Crippen molar-refractivity contribution in [2.45, 2.75) is 39.5 Å². The zero-order chi connectivity index (χ0) is 11.0. The van der Waals surface area contributed by atoms with E-state index >= 15 is 0 Å². The summed E-state index contributed by atoms with van der Waals surface area (Å²) >= 11 is 7.44. The first-order chi connectivity index (χ1) is 6.61. The summed E-state index contributed by atoms with van der Waals surface area (Å²) in [5.41, 5.74) is 0. The molecule has 6 heteroatoms. The van der Waals surface area contributed by atoms with Gasteiger partial charge in [-0.1, -0.05) is 33.1 Å². The Bertz CT molecular complexity index is 170. The summed E-state index contributed by atoms with van der Waals surface area (Å²) in [6, 6.07) is 0. The average Bonchev–Trinajstić information content (AvgIpc) is 2.17. The van der Waals surface area contributed by atoms with Gasteiger partial charge >= 0.3 is 6.09 Å². The van der Waals surface area contributed by atoms with E-state index in [0.29, 0.717) is 12.5 Å². The molecule has 0 aliphatic heterocycles. The van der Waals surface area contributed by atoms with E-state index in [1.54, 1.807) is 0 Å². The van der Waals surface area contributed by atoms with Gasteiger partial charge in [-0.2, -0.15) is 3.71 Å². The molecule has 1 amide bonds. The third-order valence-corrected chi connectivity index (χ3v) is 2.48. The quantitative estimate of drug-likeness (QED) is 0.581. The normalized spacial score (nSPS) is 11.5. The molecule has 0 aromatic rings. The Balaban J connectivity index is 0. The summed E-state index contributed by atoms with van der Waals surface area (Å²) in [6.45, 7) is 4.72. The molecular formula is C9H19FeNO2S2. The molecule has 1 unspecified atom stereocenters. The number of unbranched alkanes of at least 4 members (excludes halogenated alkanes) is 1. The fourth-order valence-corrected chi connectivity index (χ4v) is 1.26. The Morgan fingerprint density at radius 3 is 2.40 bits per heavy atom. The summed E-state index contributed by atoms with van der Waals surface area (Å²) in [5, 5.41) is 0. The topological polar surface area (TPSA) is 29.5 Å². The molecule has 0 N–H and O–H groups in total. The van der Waals surface area contributed by atoms with Crippen molar-refractivity contribution in [3.63, 3.8) is 0 Å². The minimum atomic E-state index is -0.508. The van der Waals surface area contributed by atoms with Gasteiger partial charge in [0.05, 0.1) is 6.61 Å². The SMILES string of the molecule is CCCCC(CC)COC(=O)N(S)S.[Fe]. The molecule has 0 heterocycles. The minimum Gasteiger partial charge on any atom is -0.448 e. The molecule has 0 aromatic heterocycles. The van der Waals surface area contributed by atoms with E-state index in [9.17, 15) is 4.79 Å². The van der Waals surface area contributed by atoms with Gasteiger partial charge < -0.3 is 4.74 Å². The van der Waals surface area contributed by atoms with Crippen LogP contribution in [-0.2, 0) is 21.8 Å². The molecular weight excluding hydrogens is 274 g/mol. The molecule has 0 rings (SSSR count). The van der Waals surface area contributed by atoms with Crippen LogP contribution in [0.1, 0.15) is 39.5 Å². The molecule has 0 aliphatic carbocycles. The Morgan fingerprint density at radius 2 is 2.00 bits per heavy atom. The third-order valence-electron chi connectivity index (χ3n) is 2.15. The molecule has 1 atom stereocenters. The summed E-state index contributed by atoms with van der Waals surface area (Å²) < 4.78 is 5.84. The van der Waals surface area contributed by atoms with Crippen molar-refractivity contribution in [1.29, 1.82) is 0 Å². The molecule has 0 spiro atoms. The first-order valence-corrected chi connectivity index (χ1v) is 5.76. The Hall–Kier alpha value is 0.489. The molecule has 92 valence electrons. The second-order valence-electron chi connectivity index (χ2n) is 3.28. The van der Waals surface area contributed by atoms with Gasteiger partial charge in [0.1, 0.15) is 0 Å². The van der Waals surface area contributed by atoms with E-state index in [1.807, 2.05) is 0 Å². The Morgan fingerprint density at radius 1 is 1.40 bits per heavy atom. The molecule has 3 nitrogen and oxygen atoms in total. The van der Waals surface area contributed by atoms with E-state index in [1.165, 1.54) is 12.8 Å². The van der Waals surface area contributed by atoms with E-state index in [-0.39, 0.29) is 17.1 Å². The predicted octanol–water partition coefficient (Wildman–Crippen LogP) is 3.33. The molecule has 0 bridgehead atoms. The summed E-state index contributed by atoms with van der Waals surface area (Å²) in [4.78, 5) is 11.0. The monoisotopic (exact) mass is 293 g/mol. The summed E-state index contributed by atoms with van der Waals surface area (Å²) in [6.07, 6.45) is 4.00. The fraction of sp³-hybridized carbons (Fsp3) is 0.889. The van der Waals surface area contributed by atoms with Crippen LogP contribution in [0, 0.1) is 5.92 Å². The van der Waals surface area contributed by atoms with Gasteiger partial charge in [0.2, 0.25) is 0 Å². The van der Waals surface area contributed by atoms with Crippen molar-refractivity contribution < 1.29 is 26.6 Å².